The van der Waals surface area contributed by atoms with Crippen molar-refractivity contribution < 1.29 is 9.53 Å². The van der Waals surface area contributed by atoms with Crippen LogP contribution in [0.15, 0.2) is 30.3 Å². The Morgan fingerprint density at radius 3 is 2.38 bits per heavy atom. The molecule has 1 aromatic carbocycles. The standard InChI is InChI=1S/C14H20O2/c1-11(2)14(10-16-9-12(3)15)13-7-5-4-6-8-13/h4-8,11,14H,9-10H2,1-3H3/t14-/m0/s1. The van der Waals surface area contributed by atoms with Gasteiger partial charge in [-0.05, 0) is 18.4 Å². The number of ether oxygens (including phenoxy) is 1. The number of carbonyl (C=O) groups is 1. The van der Waals surface area contributed by atoms with E-state index in [9.17, 15) is 4.79 Å². The van der Waals surface area contributed by atoms with Crippen LogP contribution in [0.2, 0.25) is 0 Å². The molecule has 0 amide bonds. The predicted octanol–water partition coefficient (Wildman–Crippen LogP) is 3.03. The van der Waals surface area contributed by atoms with Crippen molar-refractivity contribution in [2.45, 2.75) is 26.7 Å². The molecule has 2 heteroatoms. The Hall–Kier alpha value is -1.15. The smallest absolute Gasteiger partial charge is 0.155 e. The highest BCUT2D eigenvalue weighted by Crippen LogP contribution is 2.24. The molecule has 0 aliphatic rings. The number of Topliss-reactive ketones (excluding diaryl/α,β-unsaturated/α-hetero) is 1. The van der Waals surface area contributed by atoms with Crippen LogP contribution in [-0.2, 0) is 9.53 Å². The molecule has 16 heavy (non-hydrogen) atoms. The number of carbonyl (C=O) groups excluding carboxylic acids is 1. The fraction of sp³-hybridized carbons (Fsp3) is 0.500. The third kappa shape index (κ3) is 4.15. The fourth-order valence-electron chi connectivity index (χ4n) is 1.70. The summed E-state index contributed by atoms with van der Waals surface area (Å²) in [4.78, 5) is 10.8. The molecule has 0 heterocycles. The number of benzene rings is 1. The largest absolute Gasteiger partial charge is 0.373 e. The molecular weight excluding hydrogens is 200 g/mol. The molecule has 2 nitrogen and oxygen atoms in total. The van der Waals surface area contributed by atoms with Gasteiger partial charge >= 0.3 is 0 Å². The molecule has 0 aliphatic carbocycles. The number of rotatable bonds is 6. The summed E-state index contributed by atoms with van der Waals surface area (Å²) in [5.41, 5.74) is 1.28. The minimum absolute atomic E-state index is 0.0792. The van der Waals surface area contributed by atoms with Crippen LogP contribution in [0.5, 0.6) is 0 Å². The van der Waals surface area contributed by atoms with Gasteiger partial charge in [-0.15, -0.1) is 0 Å². The maximum atomic E-state index is 10.8. The van der Waals surface area contributed by atoms with Gasteiger partial charge in [0.15, 0.2) is 5.78 Å². The molecule has 88 valence electrons. The summed E-state index contributed by atoms with van der Waals surface area (Å²) >= 11 is 0. The van der Waals surface area contributed by atoms with E-state index in [0.29, 0.717) is 18.4 Å². The predicted molar refractivity (Wildman–Crippen MR) is 65.5 cm³/mol. The lowest BCUT2D eigenvalue weighted by molar-refractivity contribution is -0.121. The lowest BCUT2D eigenvalue weighted by atomic mass is 9.89. The van der Waals surface area contributed by atoms with E-state index in [-0.39, 0.29) is 12.4 Å². The Bertz CT molecular complexity index is 317. The van der Waals surface area contributed by atoms with Crippen LogP contribution in [0.3, 0.4) is 0 Å². The van der Waals surface area contributed by atoms with E-state index in [1.807, 2.05) is 18.2 Å². The molecule has 1 rings (SSSR count). The second-order valence-corrected chi connectivity index (χ2v) is 4.48. The molecule has 0 fully saturated rings. The Balaban J connectivity index is 2.58. The third-order valence-corrected chi connectivity index (χ3v) is 2.64. The van der Waals surface area contributed by atoms with Crippen LogP contribution >= 0.6 is 0 Å². The van der Waals surface area contributed by atoms with Gasteiger partial charge in [0.1, 0.15) is 6.61 Å². The van der Waals surface area contributed by atoms with E-state index in [2.05, 4.69) is 26.0 Å². The normalized spacial score (nSPS) is 12.8. The third-order valence-electron chi connectivity index (χ3n) is 2.64. The fourth-order valence-corrected chi connectivity index (χ4v) is 1.70. The van der Waals surface area contributed by atoms with Gasteiger partial charge in [-0.2, -0.15) is 0 Å². The van der Waals surface area contributed by atoms with Crippen LogP contribution in [0.4, 0.5) is 0 Å². The number of hydrogen-bond acceptors (Lipinski definition) is 2. The van der Waals surface area contributed by atoms with Crippen molar-refractivity contribution >= 4 is 5.78 Å². The van der Waals surface area contributed by atoms with Gasteiger partial charge in [0.2, 0.25) is 0 Å². The van der Waals surface area contributed by atoms with Crippen LogP contribution in [0.1, 0.15) is 32.3 Å². The summed E-state index contributed by atoms with van der Waals surface area (Å²) in [5, 5.41) is 0. The first-order chi connectivity index (χ1) is 7.61. The molecule has 0 radical (unpaired) electrons. The van der Waals surface area contributed by atoms with Crippen LogP contribution in [0, 0.1) is 5.92 Å². The SMILES string of the molecule is CC(=O)COC[C@H](c1ccccc1)C(C)C. The van der Waals surface area contributed by atoms with Gasteiger partial charge in [0.05, 0.1) is 6.61 Å². The molecular formula is C14H20O2. The number of ketones is 1. The van der Waals surface area contributed by atoms with E-state index >= 15 is 0 Å². The van der Waals surface area contributed by atoms with Crippen molar-refractivity contribution in [3.05, 3.63) is 35.9 Å². The minimum Gasteiger partial charge on any atom is -0.373 e. The first-order valence-corrected chi connectivity index (χ1v) is 5.73. The quantitative estimate of drug-likeness (QED) is 0.736. The van der Waals surface area contributed by atoms with Crippen molar-refractivity contribution in [3.8, 4) is 0 Å². The van der Waals surface area contributed by atoms with Crippen molar-refractivity contribution in [2.75, 3.05) is 13.2 Å². The second-order valence-electron chi connectivity index (χ2n) is 4.48. The summed E-state index contributed by atoms with van der Waals surface area (Å²) in [6.07, 6.45) is 0. The lowest BCUT2D eigenvalue weighted by Crippen LogP contribution is -2.16. The summed E-state index contributed by atoms with van der Waals surface area (Å²) in [5.74, 6) is 0.950. The minimum atomic E-state index is 0.0792. The Labute approximate surface area is 97.6 Å². The summed E-state index contributed by atoms with van der Waals surface area (Å²) in [6, 6.07) is 10.3. The van der Waals surface area contributed by atoms with E-state index in [4.69, 9.17) is 4.74 Å². The van der Waals surface area contributed by atoms with Crippen molar-refractivity contribution in [2.24, 2.45) is 5.92 Å². The average Bonchev–Trinajstić information content (AvgIpc) is 2.25. The Kier molecular flexibility index (Phi) is 5.20. The average molecular weight is 220 g/mol. The molecule has 1 atom stereocenters. The monoisotopic (exact) mass is 220 g/mol. The first kappa shape index (κ1) is 12.9. The summed E-state index contributed by atoms with van der Waals surface area (Å²) in [6.45, 7) is 6.73. The van der Waals surface area contributed by atoms with Gasteiger partial charge in [-0.3, -0.25) is 4.79 Å². The zero-order chi connectivity index (χ0) is 12.0. The summed E-state index contributed by atoms with van der Waals surface area (Å²) < 4.78 is 5.42. The van der Waals surface area contributed by atoms with Crippen LogP contribution < -0.4 is 0 Å². The van der Waals surface area contributed by atoms with E-state index in [1.165, 1.54) is 5.56 Å². The second kappa shape index (κ2) is 6.44. The van der Waals surface area contributed by atoms with Crippen LogP contribution in [-0.4, -0.2) is 19.0 Å². The van der Waals surface area contributed by atoms with Crippen molar-refractivity contribution in [1.29, 1.82) is 0 Å². The van der Waals surface area contributed by atoms with Crippen molar-refractivity contribution in [3.63, 3.8) is 0 Å². The highest BCUT2D eigenvalue weighted by molar-refractivity contribution is 5.76. The lowest BCUT2D eigenvalue weighted by Gasteiger charge is -2.21. The van der Waals surface area contributed by atoms with E-state index in [1.54, 1.807) is 6.92 Å². The molecule has 0 aliphatic heterocycles. The maximum absolute atomic E-state index is 10.8. The highest BCUT2D eigenvalue weighted by atomic mass is 16.5. The molecule has 0 bridgehead atoms. The summed E-state index contributed by atoms with van der Waals surface area (Å²) in [7, 11) is 0. The van der Waals surface area contributed by atoms with Gasteiger partial charge < -0.3 is 4.74 Å². The molecule has 0 saturated heterocycles. The molecule has 0 saturated carbocycles. The molecule has 0 N–H and O–H groups in total. The molecule has 0 unspecified atom stereocenters. The molecule has 0 spiro atoms. The van der Waals surface area contributed by atoms with Gasteiger partial charge in [-0.25, -0.2) is 0 Å². The highest BCUT2D eigenvalue weighted by Gasteiger charge is 2.15. The van der Waals surface area contributed by atoms with Gasteiger partial charge in [-0.1, -0.05) is 44.2 Å². The van der Waals surface area contributed by atoms with E-state index < -0.39 is 0 Å². The molecule has 0 aromatic heterocycles. The Morgan fingerprint density at radius 2 is 1.88 bits per heavy atom. The number of hydrogen-bond donors (Lipinski definition) is 0. The zero-order valence-corrected chi connectivity index (χ0v) is 10.3. The van der Waals surface area contributed by atoms with Gasteiger partial charge in [0, 0.05) is 5.92 Å². The van der Waals surface area contributed by atoms with Crippen LogP contribution in [0.25, 0.3) is 0 Å². The van der Waals surface area contributed by atoms with Crippen molar-refractivity contribution in [1.82, 2.24) is 0 Å². The zero-order valence-electron chi connectivity index (χ0n) is 10.3. The first-order valence-electron chi connectivity index (χ1n) is 5.73. The molecule has 1 aromatic rings. The topological polar surface area (TPSA) is 26.3 Å². The maximum Gasteiger partial charge on any atom is 0.155 e. The van der Waals surface area contributed by atoms with E-state index in [0.717, 1.165) is 0 Å². The van der Waals surface area contributed by atoms with Gasteiger partial charge in [0.25, 0.3) is 0 Å². The Morgan fingerprint density at radius 1 is 1.25 bits per heavy atom.